The standard InChI is InChI=1S/C25H23NO3/c1-19-7-13-24-23(17-19)26(15-16-28-24)25(27)14-10-20-8-11-22(12-9-20)29-18-21-5-3-2-4-6-21/h2-14,17H,15-16,18H2,1H3/b14-10+. The predicted molar refractivity (Wildman–Crippen MR) is 115 cm³/mol. The van der Waals surface area contributed by atoms with Gasteiger partial charge >= 0.3 is 0 Å². The molecule has 0 saturated carbocycles. The smallest absolute Gasteiger partial charge is 0.251 e. The molecule has 0 spiro atoms. The van der Waals surface area contributed by atoms with E-state index in [2.05, 4.69) is 0 Å². The molecule has 0 unspecified atom stereocenters. The van der Waals surface area contributed by atoms with E-state index in [4.69, 9.17) is 9.47 Å². The normalized spacial score (nSPS) is 13.1. The predicted octanol–water partition coefficient (Wildman–Crippen LogP) is 5.01. The molecule has 0 N–H and O–H groups in total. The Balaban J connectivity index is 1.39. The second-order valence-corrected chi connectivity index (χ2v) is 6.99. The Morgan fingerprint density at radius 2 is 1.86 bits per heavy atom. The van der Waals surface area contributed by atoms with Crippen molar-refractivity contribution >= 4 is 17.7 Å². The quantitative estimate of drug-likeness (QED) is 0.579. The lowest BCUT2D eigenvalue weighted by atomic mass is 10.1. The Hall–Kier alpha value is -3.53. The molecular formula is C25H23NO3. The van der Waals surface area contributed by atoms with Gasteiger partial charge in [-0.05, 0) is 54.0 Å². The molecule has 0 aliphatic carbocycles. The van der Waals surface area contributed by atoms with Crippen LogP contribution in [0.4, 0.5) is 5.69 Å². The zero-order valence-corrected chi connectivity index (χ0v) is 16.4. The van der Waals surface area contributed by atoms with Crippen molar-refractivity contribution in [2.45, 2.75) is 13.5 Å². The molecule has 4 nitrogen and oxygen atoms in total. The number of carbonyl (C=O) groups excluding carboxylic acids is 1. The maximum absolute atomic E-state index is 12.7. The first kappa shape index (κ1) is 18.8. The lowest BCUT2D eigenvalue weighted by Gasteiger charge is -2.29. The van der Waals surface area contributed by atoms with E-state index in [0.717, 1.165) is 33.9 Å². The lowest BCUT2D eigenvalue weighted by Crippen LogP contribution is -2.36. The maximum Gasteiger partial charge on any atom is 0.251 e. The first-order valence-electron chi connectivity index (χ1n) is 9.69. The van der Waals surface area contributed by atoms with Crippen LogP contribution < -0.4 is 14.4 Å². The van der Waals surface area contributed by atoms with E-state index >= 15 is 0 Å². The van der Waals surface area contributed by atoms with Crippen LogP contribution in [-0.2, 0) is 11.4 Å². The molecule has 1 aliphatic rings. The number of aryl methyl sites for hydroxylation is 1. The minimum absolute atomic E-state index is 0.0513. The molecule has 0 radical (unpaired) electrons. The number of anilines is 1. The molecule has 0 bridgehead atoms. The van der Waals surface area contributed by atoms with Gasteiger partial charge < -0.3 is 14.4 Å². The van der Waals surface area contributed by atoms with Crippen molar-refractivity contribution in [3.63, 3.8) is 0 Å². The SMILES string of the molecule is Cc1ccc2c(c1)N(C(=O)/C=C/c1ccc(OCc3ccccc3)cc1)CCO2. The van der Waals surface area contributed by atoms with Crippen LogP contribution in [0.1, 0.15) is 16.7 Å². The number of ether oxygens (including phenoxy) is 2. The van der Waals surface area contributed by atoms with Crippen molar-refractivity contribution in [3.05, 3.63) is 95.6 Å². The lowest BCUT2D eigenvalue weighted by molar-refractivity contribution is -0.114. The summed E-state index contributed by atoms with van der Waals surface area (Å²) in [6, 6.07) is 23.7. The fraction of sp³-hybridized carbons (Fsp3) is 0.160. The average Bonchev–Trinajstić information content (AvgIpc) is 2.77. The third-order valence-corrected chi connectivity index (χ3v) is 4.79. The summed E-state index contributed by atoms with van der Waals surface area (Å²) in [7, 11) is 0. The summed E-state index contributed by atoms with van der Waals surface area (Å²) in [6.45, 7) is 3.59. The minimum atomic E-state index is -0.0513. The molecule has 1 aliphatic heterocycles. The Bertz CT molecular complexity index is 1010. The van der Waals surface area contributed by atoms with E-state index in [0.29, 0.717) is 19.8 Å². The van der Waals surface area contributed by atoms with Crippen LogP contribution in [0.5, 0.6) is 11.5 Å². The average molecular weight is 385 g/mol. The van der Waals surface area contributed by atoms with Crippen molar-refractivity contribution in [1.82, 2.24) is 0 Å². The number of hydrogen-bond acceptors (Lipinski definition) is 3. The highest BCUT2D eigenvalue weighted by Gasteiger charge is 2.22. The molecule has 146 valence electrons. The van der Waals surface area contributed by atoms with Crippen molar-refractivity contribution in [3.8, 4) is 11.5 Å². The second-order valence-electron chi connectivity index (χ2n) is 6.99. The van der Waals surface area contributed by atoms with Crippen LogP contribution in [0.15, 0.2) is 78.9 Å². The van der Waals surface area contributed by atoms with Crippen LogP contribution in [0, 0.1) is 6.92 Å². The molecule has 0 aromatic heterocycles. The minimum Gasteiger partial charge on any atom is -0.490 e. The van der Waals surface area contributed by atoms with E-state index in [1.165, 1.54) is 0 Å². The summed E-state index contributed by atoms with van der Waals surface area (Å²) >= 11 is 0. The number of hydrogen-bond donors (Lipinski definition) is 0. The molecule has 3 aromatic carbocycles. The van der Waals surface area contributed by atoms with Gasteiger partial charge in [0.05, 0.1) is 12.2 Å². The van der Waals surface area contributed by atoms with Crippen LogP contribution in [0.2, 0.25) is 0 Å². The van der Waals surface area contributed by atoms with Crippen molar-refractivity contribution in [2.24, 2.45) is 0 Å². The van der Waals surface area contributed by atoms with Crippen LogP contribution in [-0.4, -0.2) is 19.1 Å². The van der Waals surface area contributed by atoms with E-state index < -0.39 is 0 Å². The highest BCUT2D eigenvalue weighted by molar-refractivity contribution is 6.05. The van der Waals surface area contributed by atoms with Gasteiger partial charge in [-0.3, -0.25) is 4.79 Å². The molecule has 0 saturated heterocycles. The molecule has 29 heavy (non-hydrogen) atoms. The fourth-order valence-corrected chi connectivity index (χ4v) is 3.23. The van der Waals surface area contributed by atoms with E-state index in [9.17, 15) is 4.79 Å². The molecule has 4 rings (SSSR count). The fourth-order valence-electron chi connectivity index (χ4n) is 3.23. The van der Waals surface area contributed by atoms with Gasteiger partial charge in [-0.25, -0.2) is 0 Å². The number of nitrogens with zero attached hydrogens (tertiary/aromatic N) is 1. The summed E-state index contributed by atoms with van der Waals surface area (Å²) in [5, 5.41) is 0. The zero-order chi connectivity index (χ0) is 20.1. The molecule has 3 aromatic rings. The molecule has 1 amide bonds. The topological polar surface area (TPSA) is 38.8 Å². The molecule has 1 heterocycles. The van der Waals surface area contributed by atoms with Gasteiger partial charge in [0, 0.05) is 6.08 Å². The summed E-state index contributed by atoms with van der Waals surface area (Å²) < 4.78 is 11.5. The summed E-state index contributed by atoms with van der Waals surface area (Å²) in [4.78, 5) is 14.5. The third kappa shape index (κ3) is 4.66. The van der Waals surface area contributed by atoms with E-state index in [1.54, 1.807) is 11.0 Å². The summed E-state index contributed by atoms with van der Waals surface area (Å²) in [6.07, 6.45) is 3.44. The van der Waals surface area contributed by atoms with Gasteiger partial charge in [0.15, 0.2) is 0 Å². The van der Waals surface area contributed by atoms with Crippen molar-refractivity contribution in [1.29, 1.82) is 0 Å². The van der Waals surface area contributed by atoms with E-state index in [-0.39, 0.29) is 5.91 Å². The Kier molecular flexibility index (Phi) is 5.61. The third-order valence-electron chi connectivity index (χ3n) is 4.79. The van der Waals surface area contributed by atoms with Gasteiger partial charge in [0.2, 0.25) is 0 Å². The van der Waals surface area contributed by atoms with Gasteiger partial charge in [-0.2, -0.15) is 0 Å². The first-order valence-corrected chi connectivity index (χ1v) is 9.69. The zero-order valence-electron chi connectivity index (χ0n) is 16.4. The first-order chi connectivity index (χ1) is 14.2. The van der Waals surface area contributed by atoms with Crippen molar-refractivity contribution < 1.29 is 14.3 Å². The number of fused-ring (bicyclic) bond motifs is 1. The number of carbonyl (C=O) groups is 1. The number of amides is 1. The number of benzene rings is 3. The van der Waals surface area contributed by atoms with Crippen LogP contribution >= 0.6 is 0 Å². The van der Waals surface area contributed by atoms with E-state index in [1.807, 2.05) is 85.8 Å². The Morgan fingerprint density at radius 3 is 2.66 bits per heavy atom. The van der Waals surface area contributed by atoms with Gasteiger partial charge in [0.25, 0.3) is 5.91 Å². The Labute approximate surface area is 171 Å². The van der Waals surface area contributed by atoms with Gasteiger partial charge in [0.1, 0.15) is 24.7 Å². The van der Waals surface area contributed by atoms with Crippen molar-refractivity contribution in [2.75, 3.05) is 18.1 Å². The molecule has 4 heteroatoms. The monoisotopic (exact) mass is 385 g/mol. The molecule has 0 fully saturated rings. The number of rotatable bonds is 5. The molecule has 0 atom stereocenters. The maximum atomic E-state index is 12.7. The summed E-state index contributed by atoms with van der Waals surface area (Å²) in [5.74, 6) is 1.50. The van der Waals surface area contributed by atoms with Crippen LogP contribution in [0.3, 0.4) is 0 Å². The highest BCUT2D eigenvalue weighted by atomic mass is 16.5. The molecular weight excluding hydrogens is 362 g/mol. The second kappa shape index (κ2) is 8.65. The Morgan fingerprint density at radius 1 is 1.07 bits per heavy atom. The van der Waals surface area contributed by atoms with Gasteiger partial charge in [-0.1, -0.05) is 48.5 Å². The summed E-state index contributed by atoms with van der Waals surface area (Å²) in [5.41, 5.74) is 4.00. The largest absolute Gasteiger partial charge is 0.490 e. The van der Waals surface area contributed by atoms with Crippen LogP contribution in [0.25, 0.3) is 6.08 Å². The highest BCUT2D eigenvalue weighted by Crippen LogP contribution is 2.32. The van der Waals surface area contributed by atoms with Gasteiger partial charge in [-0.15, -0.1) is 0 Å².